The molecule has 3 atom stereocenters. The van der Waals surface area contributed by atoms with Gasteiger partial charge >= 0.3 is 0 Å². The van der Waals surface area contributed by atoms with Gasteiger partial charge in [0.1, 0.15) is 5.82 Å². The molecule has 11 aromatic rings. The molecule has 0 bridgehead atoms. The number of hydrogen-bond acceptors (Lipinski definition) is 6. The van der Waals surface area contributed by atoms with Crippen molar-refractivity contribution in [2.75, 3.05) is 0 Å². The quantitative estimate of drug-likeness (QED) is 0.151. The zero-order valence-corrected chi connectivity index (χ0v) is 42.9. The van der Waals surface area contributed by atoms with Gasteiger partial charge in [0.15, 0.2) is 29.1 Å². The second-order valence-electron chi connectivity index (χ2n) is 21.0. The summed E-state index contributed by atoms with van der Waals surface area (Å²) in [5, 5.41) is 0. The molecule has 14 rings (SSSR count). The lowest BCUT2D eigenvalue weighted by atomic mass is 9.53. The van der Waals surface area contributed by atoms with E-state index in [2.05, 4.69) is 221 Å². The van der Waals surface area contributed by atoms with Crippen LogP contribution in [0.1, 0.15) is 65.9 Å². The second kappa shape index (κ2) is 18.0. The summed E-state index contributed by atoms with van der Waals surface area (Å²) >= 11 is 0. The van der Waals surface area contributed by atoms with Gasteiger partial charge in [-0.15, -0.1) is 0 Å². The van der Waals surface area contributed by atoms with E-state index in [0.29, 0.717) is 34.9 Å². The molecule has 3 unspecified atom stereocenters. The van der Waals surface area contributed by atoms with Crippen LogP contribution < -0.4 is 0 Å². The molecule has 2 aromatic heterocycles. The van der Waals surface area contributed by atoms with E-state index in [0.717, 1.165) is 61.2 Å². The van der Waals surface area contributed by atoms with Crippen LogP contribution in [0, 0.1) is 12.1 Å². The summed E-state index contributed by atoms with van der Waals surface area (Å²) in [5.74, 6) is 3.35. The number of hydrogen-bond donors (Lipinski definition) is 0. The van der Waals surface area contributed by atoms with Crippen molar-refractivity contribution in [1.29, 1.82) is 0 Å². The van der Waals surface area contributed by atoms with Gasteiger partial charge < -0.3 is 0 Å². The minimum Gasteiger partial charge on any atom is -0.212 e. The molecule has 364 valence electrons. The Morgan fingerprint density at radius 3 is 1.49 bits per heavy atom. The van der Waals surface area contributed by atoms with Crippen molar-refractivity contribution in [3.63, 3.8) is 0 Å². The van der Waals surface area contributed by atoms with Crippen LogP contribution in [0.15, 0.2) is 248 Å². The van der Waals surface area contributed by atoms with Crippen LogP contribution in [0.3, 0.4) is 0 Å². The molecule has 0 N–H and O–H groups in total. The van der Waals surface area contributed by atoms with Crippen molar-refractivity contribution in [2.24, 2.45) is 0 Å². The summed E-state index contributed by atoms with van der Waals surface area (Å²) in [5.41, 5.74) is 15.6. The van der Waals surface area contributed by atoms with Crippen molar-refractivity contribution >= 4 is 0 Å². The molecule has 0 radical (unpaired) electrons. The van der Waals surface area contributed by atoms with E-state index in [9.17, 15) is 0 Å². The number of benzene rings is 8. The van der Waals surface area contributed by atoms with Crippen LogP contribution >= 0.6 is 0 Å². The Morgan fingerprint density at radius 2 is 0.844 bits per heavy atom. The van der Waals surface area contributed by atoms with E-state index in [1.165, 1.54) is 27.8 Å². The number of nitrogens with zero attached hydrogens (tertiary/aromatic N) is 6. The highest BCUT2D eigenvalue weighted by atomic mass is 15.0. The lowest BCUT2D eigenvalue weighted by Gasteiger charge is -2.48. The Kier molecular flexibility index (Phi) is 10.7. The van der Waals surface area contributed by atoms with Gasteiger partial charge in [0.05, 0.1) is 11.3 Å². The third-order valence-corrected chi connectivity index (χ3v) is 16.4. The van der Waals surface area contributed by atoms with Gasteiger partial charge in [-0.05, 0) is 73.8 Å². The molecular formula is C71H50N6. The van der Waals surface area contributed by atoms with E-state index >= 15 is 0 Å². The normalized spacial score (nSPS) is 17.1. The largest absolute Gasteiger partial charge is 0.212 e. The van der Waals surface area contributed by atoms with Crippen molar-refractivity contribution < 1.29 is 0 Å². The lowest BCUT2D eigenvalue weighted by molar-refractivity contribution is 0.455. The van der Waals surface area contributed by atoms with Gasteiger partial charge in [0.2, 0.25) is 0 Å². The number of fused-ring (bicyclic) bond motifs is 9. The summed E-state index contributed by atoms with van der Waals surface area (Å²) in [6.45, 7) is 7.04. The molecule has 9 aromatic carbocycles. The first kappa shape index (κ1) is 45.9. The first-order valence-corrected chi connectivity index (χ1v) is 26.3. The molecule has 3 aliphatic carbocycles. The van der Waals surface area contributed by atoms with E-state index in [1.807, 2.05) is 54.6 Å². The van der Waals surface area contributed by atoms with E-state index < -0.39 is 10.8 Å². The molecular weight excluding hydrogens is 937 g/mol. The molecule has 1 spiro atoms. The monoisotopic (exact) mass is 986 g/mol. The van der Waals surface area contributed by atoms with Gasteiger partial charge in [0, 0.05) is 44.2 Å². The maximum absolute atomic E-state index is 5.54. The maximum Gasteiger partial charge on any atom is 0.164 e. The Morgan fingerprint density at radius 1 is 0.377 bits per heavy atom. The highest BCUT2D eigenvalue weighted by molar-refractivity contribution is 5.83. The lowest BCUT2D eigenvalue weighted by Crippen LogP contribution is -2.44. The van der Waals surface area contributed by atoms with Gasteiger partial charge in [-0.3, -0.25) is 0 Å². The number of rotatable bonds is 8. The van der Waals surface area contributed by atoms with Crippen LogP contribution in [0.2, 0.25) is 0 Å². The first-order valence-electron chi connectivity index (χ1n) is 26.3. The molecule has 2 heterocycles. The van der Waals surface area contributed by atoms with E-state index in [4.69, 9.17) is 29.9 Å². The topological polar surface area (TPSA) is 77.3 Å². The third kappa shape index (κ3) is 7.26. The molecule has 6 heteroatoms. The average molecular weight is 987 g/mol. The maximum atomic E-state index is 5.54. The van der Waals surface area contributed by atoms with Crippen molar-refractivity contribution in [3.8, 4) is 79.2 Å². The molecule has 0 amide bonds. The average Bonchev–Trinajstić information content (AvgIpc) is 3.52. The third-order valence-electron chi connectivity index (χ3n) is 16.4. The van der Waals surface area contributed by atoms with E-state index in [-0.39, 0.29) is 11.3 Å². The highest BCUT2D eigenvalue weighted by Crippen LogP contribution is 2.68. The van der Waals surface area contributed by atoms with Gasteiger partial charge in [-0.1, -0.05) is 257 Å². The Hall–Kier alpha value is -9.70. The molecule has 0 fully saturated rings. The summed E-state index contributed by atoms with van der Waals surface area (Å²) in [4.78, 5) is 32.3. The summed E-state index contributed by atoms with van der Waals surface area (Å²) in [6.07, 6.45) is 6.89. The van der Waals surface area contributed by atoms with Crippen molar-refractivity contribution in [2.45, 2.75) is 42.9 Å². The van der Waals surface area contributed by atoms with Gasteiger partial charge in [-0.25, -0.2) is 29.9 Å². The zero-order valence-electron chi connectivity index (χ0n) is 42.9. The molecule has 77 heavy (non-hydrogen) atoms. The minimum absolute atomic E-state index is 0.347. The number of aromatic nitrogens is 6. The summed E-state index contributed by atoms with van der Waals surface area (Å²) in [6, 6.07) is 85.6. The van der Waals surface area contributed by atoms with Crippen LogP contribution in [-0.4, -0.2) is 29.9 Å². The molecule has 3 aliphatic rings. The van der Waals surface area contributed by atoms with Crippen LogP contribution in [0.25, 0.3) is 79.2 Å². The summed E-state index contributed by atoms with van der Waals surface area (Å²) in [7, 11) is 0. The molecule has 6 nitrogen and oxygen atoms in total. The Balaban J connectivity index is 1.02. The highest BCUT2D eigenvalue weighted by Gasteiger charge is 2.63. The van der Waals surface area contributed by atoms with Crippen LogP contribution in [0.5, 0.6) is 0 Å². The minimum atomic E-state index is -0.729. The van der Waals surface area contributed by atoms with Crippen molar-refractivity contribution in [3.05, 3.63) is 300 Å². The fourth-order valence-electron chi connectivity index (χ4n) is 12.7. The molecule has 0 aliphatic heterocycles. The predicted octanol–water partition coefficient (Wildman–Crippen LogP) is 15.9. The number of allylic oxidation sites excluding steroid dienone is 4. The van der Waals surface area contributed by atoms with Crippen molar-refractivity contribution in [1.82, 2.24) is 29.9 Å². The molecule has 0 saturated carbocycles. The smallest absolute Gasteiger partial charge is 0.164 e. The SMILES string of the molecule is CC1(C)c2c#cccc2C2(C3=CC=CC(c4nc(-c5ccccc5)nc(-c5ccc(-c6ccccc6)cc5)n4)C3(C)c3cc(-c4nc(-c5ccccc5)nc(-c5ccccc5-c5ccccc5)n4)ccc32)c2ccccc21. The zero-order chi connectivity index (χ0) is 51.7. The van der Waals surface area contributed by atoms with Gasteiger partial charge in [0.25, 0.3) is 0 Å². The van der Waals surface area contributed by atoms with Gasteiger partial charge in [-0.2, -0.15) is 0 Å². The fourth-order valence-corrected chi connectivity index (χ4v) is 12.7. The molecule has 0 saturated heterocycles. The van der Waals surface area contributed by atoms with Crippen LogP contribution in [0.4, 0.5) is 0 Å². The fraction of sp³-hybridized carbons (Fsp3) is 0.0986. The predicted molar refractivity (Wildman–Crippen MR) is 308 cm³/mol. The van der Waals surface area contributed by atoms with Crippen LogP contribution in [-0.2, 0) is 16.2 Å². The summed E-state index contributed by atoms with van der Waals surface area (Å²) < 4.78 is 0. The first-order chi connectivity index (χ1) is 37.8. The standard InChI is InChI=1S/C71H50N6/c1-69(2)55-33-18-20-35-57(55)71(58-36-21-19-34-56(58)69)59-44-43-52(66-73-63(49-27-12-6-13-28-49)74-67(75-66)54-32-17-16-31-53(54)48-25-10-5-11-26-48)45-61(59)70(3)60(37-22-38-62(70)71)68-76-64(50-29-14-7-15-30-50)72-65(77-68)51-41-39-47(40-42-51)46-23-8-4-9-24-46/h4-18,20-33,35-45,60H,1-3H3. The Bertz CT molecular complexity index is 4080. The van der Waals surface area contributed by atoms with E-state index in [1.54, 1.807) is 0 Å². The second-order valence-corrected chi connectivity index (χ2v) is 21.0. The Labute approximate surface area is 449 Å².